The number of carbonyl (C=O) groups excluding carboxylic acids is 1. The number of imidazole rings is 1. The van der Waals surface area contributed by atoms with Crippen molar-refractivity contribution >= 4 is 23.2 Å². The van der Waals surface area contributed by atoms with Gasteiger partial charge in [-0.1, -0.05) is 38.1 Å². The number of urea groups is 1. The summed E-state index contributed by atoms with van der Waals surface area (Å²) in [5.41, 5.74) is 2.91. The van der Waals surface area contributed by atoms with Crippen LogP contribution in [0.2, 0.25) is 0 Å². The number of amides is 2. The summed E-state index contributed by atoms with van der Waals surface area (Å²) < 4.78 is 12.8. The number of nitrogens with zero attached hydrogens (tertiary/aromatic N) is 3. The molecule has 8 nitrogen and oxygen atoms in total. The van der Waals surface area contributed by atoms with E-state index in [4.69, 9.17) is 9.47 Å². The minimum absolute atomic E-state index is 0.390. The minimum atomic E-state index is -0.411. The number of ether oxygens (including phenoxy) is 2. The number of benzene rings is 2. The van der Waals surface area contributed by atoms with Crippen molar-refractivity contribution in [2.24, 2.45) is 5.92 Å². The molecule has 0 atom stereocenters. The third-order valence-corrected chi connectivity index (χ3v) is 5.02. The summed E-state index contributed by atoms with van der Waals surface area (Å²) in [4.78, 5) is 17.0. The summed E-state index contributed by atoms with van der Waals surface area (Å²) in [6.45, 7) is 4.88. The minimum Gasteiger partial charge on any atom is -0.497 e. The highest BCUT2D eigenvalue weighted by Gasteiger charge is 2.11. The quantitative estimate of drug-likeness (QED) is 0.375. The SMILES string of the molecule is COc1cccc(-c2ccc3nc(NC(=O)Nc4ccccc4OCCC(C)C)cn3n2)c1. The van der Waals surface area contributed by atoms with Crippen molar-refractivity contribution in [3.63, 3.8) is 0 Å². The van der Waals surface area contributed by atoms with Crippen molar-refractivity contribution in [3.05, 3.63) is 66.9 Å². The largest absolute Gasteiger partial charge is 0.497 e. The lowest BCUT2D eigenvalue weighted by atomic mass is 10.1. The molecule has 8 heteroatoms. The van der Waals surface area contributed by atoms with E-state index in [1.165, 1.54) is 0 Å². The fourth-order valence-corrected chi connectivity index (χ4v) is 3.25. The zero-order chi connectivity index (χ0) is 23.2. The molecule has 0 aliphatic carbocycles. The number of aromatic nitrogens is 3. The summed E-state index contributed by atoms with van der Waals surface area (Å²) in [7, 11) is 1.63. The predicted molar refractivity (Wildman–Crippen MR) is 129 cm³/mol. The molecule has 2 aromatic carbocycles. The van der Waals surface area contributed by atoms with E-state index in [0.717, 1.165) is 23.4 Å². The Labute approximate surface area is 192 Å². The number of hydrogen-bond donors (Lipinski definition) is 2. The van der Waals surface area contributed by atoms with Gasteiger partial charge in [0.25, 0.3) is 0 Å². The van der Waals surface area contributed by atoms with Crippen LogP contribution >= 0.6 is 0 Å². The van der Waals surface area contributed by atoms with E-state index < -0.39 is 6.03 Å². The van der Waals surface area contributed by atoms with Gasteiger partial charge in [-0.2, -0.15) is 5.10 Å². The van der Waals surface area contributed by atoms with E-state index in [0.29, 0.717) is 35.4 Å². The van der Waals surface area contributed by atoms with Gasteiger partial charge in [0.2, 0.25) is 0 Å². The standard InChI is InChI=1S/C25H27N5O3/c1-17(2)13-14-33-22-10-5-4-9-21(22)26-25(31)28-23-16-30-24(27-23)12-11-20(29-30)18-7-6-8-19(15-18)32-3/h4-12,15-17H,13-14H2,1-3H3,(H2,26,28,31). The van der Waals surface area contributed by atoms with Gasteiger partial charge in [-0.05, 0) is 48.7 Å². The first kappa shape index (κ1) is 22.1. The van der Waals surface area contributed by atoms with Gasteiger partial charge in [0.1, 0.15) is 11.5 Å². The lowest BCUT2D eigenvalue weighted by Crippen LogP contribution is -2.20. The summed E-state index contributed by atoms with van der Waals surface area (Å²) >= 11 is 0. The Morgan fingerprint density at radius 1 is 1.06 bits per heavy atom. The van der Waals surface area contributed by atoms with E-state index in [1.807, 2.05) is 54.6 Å². The second-order valence-corrected chi connectivity index (χ2v) is 7.99. The lowest BCUT2D eigenvalue weighted by molar-refractivity contribution is 0.261. The molecule has 0 aliphatic heterocycles. The molecule has 4 aromatic rings. The van der Waals surface area contributed by atoms with Crippen molar-refractivity contribution in [3.8, 4) is 22.8 Å². The Kier molecular flexibility index (Phi) is 6.73. The maximum atomic E-state index is 12.6. The van der Waals surface area contributed by atoms with E-state index >= 15 is 0 Å². The molecular weight excluding hydrogens is 418 g/mol. The van der Waals surface area contributed by atoms with Crippen LogP contribution in [0.1, 0.15) is 20.3 Å². The van der Waals surface area contributed by atoms with Gasteiger partial charge in [-0.15, -0.1) is 0 Å². The average molecular weight is 446 g/mol. The Morgan fingerprint density at radius 3 is 2.73 bits per heavy atom. The molecule has 0 saturated carbocycles. The normalized spacial score (nSPS) is 10.9. The van der Waals surface area contributed by atoms with Crippen molar-refractivity contribution in [1.82, 2.24) is 14.6 Å². The third-order valence-electron chi connectivity index (χ3n) is 5.02. The fraction of sp³-hybridized carbons (Fsp3) is 0.240. The van der Waals surface area contributed by atoms with Gasteiger partial charge in [-0.25, -0.2) is 14.3 Å². The number of rotatable bonds is 8. The number of carbonyl (C=O) groups is 1. The van der Waals surface area contributed by atoms with Crippen LogP contribution in [0, 0.1) is 5.92 Å². The molecule has 2 N–H and O–H groups in total. The van der Waals surface area contributed by atoms with Crippen LogP contribution in [0.4, 0.5) is 16.3 Å². The van der Waals surface area contributed by atoms with E-state index in [-0.39, 0.29) is 0 Å². The Hall–Kier alpha value is -4.07. The first-order valence-corrected chi connectivity index (χ1v) is 10.8. The van der Waals surface area contributed by atoms with Crippen LogP contribution < -0.4 is 20.1 Å². The summed E-state index contributed by atoms with van der Waals surface area (Å²) in [6, 6.07) is 18.4. The molecule has 0 radical (unpaired) electrons. The van der Waals surface area contributed by atoms with Gasteiger partial charge in [0, 0.05) is 5.56 Å². The van der Waals surface area contributed by atoms with Crippen LogP contribution in [-0.2, 0) is 0 Å². The molecular formula is C25H27N5O3. The van der Waals surface area contributed by atoms with E-state index in [9.17, 15) is 4.79 Å². The van der Waals surface area contributed by atoms with Crippen LogP contribution in [0.25, 0.3) is 16.9 Å². The van der Waals surface area contributed by atoms with Crippen LogP contribution in [0.3, 0.4) is 0 Å². The zero-order valence-corrected chi connectivity index (χ0v) is 18.9. The molecule has 0 unspecified atom stereocenters. The molecule has 0 bridgehead atoms. The topological polar surface area (TPSA) is 89.8 Å². The average Bonchev–Trinajstić information content (AvgIpc) is 3.21. The van der Waals surface area contributed by atoms with Gasteiger partial charge in [0.05, 0.1) is 31.3 Å². The first-order chi connectivity index (χ1) is 16.0. The molecule has 170 valence electrons. The lowest BCUT2D eigenvalue weighted by Gasteiger charge is -2.13. The molecule has 0 fully saturated rings. The Bertz CT molecular complexity index is 1250. The summed E-state index contributed by atoms with van der Waals surface area (Å²) in [5, 5.41) is 10.2. The number of para-hydroxylation sites is 2. The monoisotopic (exact) mass is 445 g/mol. The summed E-state index contributed by atoms with van der Waals surface area (Å²) in [5.74, 6) is 2.32. The molecule has 33 heavy (non-hydrogen) atoms. The smallest absolute Gasteiger partial charge is 0.325 e. The van der Waals surface area contributed by atoms with Gasteiger partial charge in [-0.3, -0.25) is 5.32 Å². The van der Waals surface area contributed by atoms with Crippen molar-refractivity contribution in [1.29, 1.82) is 0 Å². The highest BCUT2D eigenvalue weighted by atomic mass is 16.5. The highest BCUT2D eigenvalue weighted by Crippen LogP contribution is 2.25. The molecule has 2 heterocycles. The zero-order valence-electron chi connectivity index (χ0n) is 18.9. The first-order valence-electron chi connectivity index (χ1n) is 10.8. The van der Waals surface area contributed by atoms with Crippen molar-refractivity contribution < 1.29 is 14.3 Å². The molecule has 0 aliphatic rings. The molecule has 0 spiro atoms. The highest BCUT2D eigenvalue weighted by molar-refractivity contribution is 6.00. The number of anilines is 2. The summed E-state index contributed by atoms with van der Waals surface area (Å²) in [6.07, 6.45) is 2.61. The van der Waals surface area contributed by atoms with Gasteiger partial charge >= 0.3 is 6.03 Å². The molecule has 4 rings (SSSR count). The Morgan fingerprint density at radius 2 is 1.91 bits per heavy atom. The van der Waals surface area contributed by atoms with Gasteiger partial charge < -0.3 is 14.8 Å². The Balaban J connectivity index is 1.45. The van der Waals surface area contributed by atoms with E-state index in [1.54, 1.807) is 23.9 Å². The maximum Gasteiger partial charge on any atom is 0.325 e. The number of fused-ring (bicyclic) bond motifs is 1. The number of methoxy groups -OCH3 is 1. The second-order valence-electron chi connectivity index (χ2n) is 7.99. The van der Waals surface area contributed by atoms with Crippen molar-refractivity contribution in [2.75, 3.05) is 24.4 Å². The van der Waals surface area contributed by atoms with Crippen LogP contribution in [0.5, 0.6) is 11.5 Å². The number of hydrogen-bond acceptors (Lipinski definition) is 5. The second kappa shape index (κ2) is 10.0. The molecule has 2 aromatic heterocycles. The molecule has 0 saturated heterocycles. The molecule has 2 amide bonds. The predicted octanol–water partition coefficient (Wildman–Crippen LogP) is 5.47. The van der Waals surface area contributed by atoms with E-state index in [2.05, 4.69) is 34.6 Å². The third kappa shape index (κ3) is 5.60. The van der Waals surface area contributed by atoms with Crippen LogP contribution in [0.15, 0.2) is 66.9 Å². The van der Waals surface area contributed by atoms with Crippen molar-refractivity contribution in [2.45, 2.75) is 20.3 Å². The number of nitrogens with one attached hydrogen (secondary N) is 2. The fourth-order valence-electron chi connectivity index (χ4n) is 3.25. The van der Waals surface area contributed by atoms with Gasteiger partial charge in [0.15, 0.2) is 11.5 Å². The van der Waals surface area contributed by atoms with Crippen LogP contribution in [-0.4, -0.2) is 34.3 Å². The maximum absolute atomic E-state index is 12.6.